The number of nitrogens with one attached hydrogen (secondary N) is 1. The molecule has 1 saturated heterocycles. The Morgan fingerprint density at radius 3 is 1.86 bits per heavy atom. The summed E-state index contributed by atoms with van der Waals surface area (Å²) in [5.41, 5.74) is -0.926. The van der Waals surface area contributed by atoms with Crippen LogP contribution in [0.2, 0.25) is 0 Å². The van der Waals surface area contributed by atoms with E-state index in [-0.39, 0.29) is 17.9 Å². The van der Waals surface area contributed by atoms with Crippen LogP contribution < -0.4 is 5.32 Å². The zero-order valence-corrected chi connectivity index (χ0v) is 22.1. The number of benzene rings is 2. The van der Waals surface area contributed by atoms with Crippen molar-refractivity contribution in [3.8, 4) is 0 Å². The number of ether oxygens (including phenoxy) is 3. The van der Waals surface area contributed by atoms with Gasteiger partial charge in [0.1, 0.15) is 6.04 Å². The molecule has 1 aliphatic carbocycles. The first-order chi connectivity index (χ1) is 17.7. The number of aliphatic imine (C=N–C) groups is 1. The van der Waals surface area contributed by atoms with E-state index in [9.17, 15) is 9.59 Å². The SMILES string of the molecule is COCCOC[C@@H]1N=C(C2(C)C[C@@]3(C)C[C@@](C)(C2)C(=O)NC3=O)OC1(c1ccccc1)c1ccccc1. The molecule has 0 aromatic heterocycles. The van der Waals surface area contributed by atoms with E-state index < -0.39 is 21.8 Å². The molecule has 0 radical (unpaired) electrons. The number of fused-ring (bicyclic) bond motifs is 2. The summed E-state index contributed by atoms with van der Waals surface area (Å²) < 4.78 is 18.3. The first kappa shape index (κ1) is 25.6. The van der Waals surface area contributed by atoms with Crippen LogP contribution in [0.25, 0.3) is 0 Å². The molecule has 3 aliphatic rings. The van der Waals surface area contributed by atoms with Crippen molar-refractivity contribution in [3.63, 3.8) is 0 Å². The number of hydrogen-bond donors (Lipinski definition) is 1. The van der Waals surface area contributed by atoms with Gasteiger partial charge in [-0.05, 0) is 19.3 Å². The van der Waals surface area contributed by atoms with Crippen molar-refractivity contribution in [3.05, 3.63) is 71.8 Å². The van der Waals surface area contributed by atoms with Gasteiger partial charge < -0.3 is 14.2 Å². The van der Waals surface area contributed by atoms with E-state index in [1.165, 1.54) is 0 Å². The molecule has 1 saturated carbocycles. The summed E-state index contributed by atoms with van der Waals surface area (Å²) in [6.07, 6.45) is 1.62. The van der Waals surface area contributed by atoms with Gasteiger partial charge in [0, 0.05) is 34.5 Å². The zero-order valence-electron chi connectivity index (χ0n) is 22.1. The smallest absolute Gasteiger partial charge is 0.232 e. The molecule has 2 amide bonds. The predicted octanol–water partition coefficient (Wildman–Crippen LogP) is 4.25. The highest BCUT2D eigenvalue weighted by molar-refractivity contribution is 6.04. The summed E-state index contributed by atoms with van der Waals surface area (Å²) >= 11 is 0. The molecule has 2 aromatic rings. The highest BCUT2D eigenvalue weighted by Crippen LogP contribution is 2.59. The minimum atomic E-state index is -0.908. The summed E-state index contributed by atoms with van der Waals surface area (Å²) in [6, 6.07) is 19.9. The van der Waals surface area contributed by atoms with Crippen LogP contribution in [-0.4, -0.2) is 50.7 Å². The van der Waals surface area contributed by atoms with Crippen LogP contribution in [0.1, 0.15) is 51.2 Å². The Morgan fingerprint density at radius 1 is 0.838 bits per heavy atom. The molecule has 2 heterocycles. The first-order valence-electron chi connectivity index (χ1n) is 13.0. The summed E-state index contributed by atoms with van der Waals surface area (Å²) in [5.74, 6) is 0.160. The fourth-order valence-corrected chi connectivity index (χ4v) is 6.94. The van der Waals surface area contributed by atoms with Crippen LogP contribution in [0.3, 0.4) is 0 Å². The van der Waals surface area contributed by atoms with Crippen molar-refractivity contribution >= 4 is 17.7 Å². The van der Waals surface area contributed by atoms with E-state index in [1.54, 1.807) is 7.11 Å². The number of amides is 2. The number of methoxy groups -OCH3 is 1. The van der Waals surface area contributed by atoms with Gasteiger partial charge in [0.15, 0.2) is 11.5 Å². The molecule has 1 unspecified atom stereocenters. The third-order valence-corrected chi connectivity index (χ3v) is 8.29. The molecule has 37 heavy (non-hydrogen) atoms. The second kappa shape index (κ2) is 9.37. The highest BCUT2D eigenvalue weighted by Gasteiger charge is 2.63. The molecule has 2 aromatic carbocycles. The Labute approximate surface area is 218 Å². The van der Waals surface area contributed by atoms with Crippen molar-refractivity contribution in [1.82, 2.24) is 5.32 Å². The lowest BCUT2D eigenvalue weighted by molar-refractivity contribution is -0.159. The van der Waals surface area contributed by atoms with Crippen LogP contribution in [-0.2, 0) is 29.4 Å². The number of carbonyl (C=O) groups is 2. The van der Waals surface area contributed by atoms with Crippen LogP contribution in [0.5, 0.6) is 0 Å². The van der Waals surface area contributed by atoms with Gasteiger partial charge in [-0.2, -0.15) is 0 Å². The average molecular weight is 505 g/mol. The molecule has 196 valence electrons. The fraction of sp³-hybridized carbons (Fsp3) is 0.500. The minimum absolute atomic E-state index is 0.212. The summed E-state index contributed by atoms with van der Waals surface area (Å²) in [7, 11) is 1.65. The van der Waals surface area contributed by atoms with Gasteiger partial charge >= 0.3 is 0 Å². The normalized spacial score (nSPS) is 32.4. The van der Waals surface area contributed by atoms with Crippen molar-refractivity contribution in [1.29, 1.82) is 0 Å². The molecule has 2 fully saturated rings. The third kappa shape index (κ3) is 4.28. The maximum absolute atomic E-state index is 13.0. The second-order valence-electron chi connectivity index (χ2n) is 11.6. The van der Waals surface area contributed by atoms with Gasteiger partial charge in [0.2, 0.25) is 11.8 Å². The molecular formula is C30H36N2O5. The summed E-state index contributed by atoms with van der Waals surface area (Å²) in [6.45, 7) is 7.25. The lowest BCUT2D eigenvalue weighted by Gasteiger charge is -2.53. The molecule has 1 N–H and O–H groups in total. The quantitative estimate of drug-likeness (QED) is 0.429. The standard InChI is InChI=1S/C30H36N2O5/c1-27-18-28(2,25(34)32-24(27)33)20-29(3,19-27)26-31-23(17-36-16-15-35-4)30(37-26,21-11-7-5-8-12-21)22-13-9-6-10-14-22/h5-14,23H,15-20H2,1-4H3,(H,32,33,34)/t23-,27-,28+,29?/m0/s1. The van der Waals surface area contributed by atoms with Gasteiger partial charge in [0.05, 0.1) is 19.8 Å². The van der Waals surface area contributed by atoms with E-state index in [0.717, 1.165) is 11.1 Å². The Hall–Kier alpha value is -3.03. The van der Waals surface area contributed by atoms with Gasteiger partial charge in [0.25, 0.3) is 0 Å². The molecular weight excluding hydrogens is 468 g/mol. The van der Waals surface area contributed by atoms with Crippen molar-refractivity contribution in [2.45, 2.75) is 51.7 Å². The fourth-order valence-electron chi connectivity index (χ4n) is 6.94. The molecule has 4 atom stereocenters. The molecule has 0 spiro atoms. The van der Waals surface area contributed by atoms with Gasteiger partial charge in [-0.25, -0.2) is 4.99 Å². The molecule has 2 aliphatic heterocycles. The van der Waals surface area contributed by atoms with Crippen LogP contribution in [0.15, 0.2) is 65.7 Å². The number of hydrogen-bond acceptors (Lipinski definition) is 6. The average Bonchev–Trinajstić information content (AvgIpc) is 3.28. The Balaban J connectivity index is 1.60. The van der Waals surface area contributed by atoms with Crippen molar-refractivity contribution < 1.29 is 23.8 Å². The summed E-state index contributed by atoms with van der Waals surface area (Å²) in [5, 5.41) is 2.62. The monoisotopic (exact) mass is 504 g/mol. The number of carbonyl (C=O) groups excluding carboxylic acids is 2. The lowest BCUT2D eigenvalue weighted by atomic mass is 9.52. The van der Waals surface area contributed by atoms with E-state index in [2.05, 4.69) is 36.5 Å². The van der Waals surface area contributed by atoms with Crippen molar-refractivity contribution in [2.75, 3.05) is 26.9 Å². The maximum Gasteiger partial charge on any atom is 0.232 e. The Kier molecular flexibility index (Phi) is 6.49. The van der Waals surface area contributed by atoms with Crippen LogP contribution in [0, 0.1) is 16.2 Å². The third-order valence-electron chi connectivity index (χ3n) is 8.29. The minimum Gasteiger partial charge on any atom is -0.462 e. The number of rotatable bonds is 8. The van der Waals surface area contributed by atoms with E-state index in [1.807, 2.05) is 50.2 Å². The van der Waals surface area contributed by atoms with Gasteiger partial charge in [-0.1, -0.05) is 81.4 Å². The number of piperidine rings is 1. The van der Waals surface area contributed by atoms with Gasteiger partial charge in [-0.3, -0.25) is 14.9 Å². The van der Waals surface area contributed by atoms with Crippen LogP contribution in [0.4, 0.5) is 0 Å². The number of nitrogens with zero attached hydrogens (tertiary/aromatic N) is 1. The molecule has 2 bridgehead atoms. The molecule has 7 heteroatoms. The maximum atomic E-state index is 13.0. The predicted molar refractivity (Wildman–Crippen MR) is 140 cm³/mol. The second-order valence-corrected chi connectivity index (χ2v) is 11.6. The Bertz CT molecular complexity index is 1130. The molecule has 5 rings (SSSR count). The van der Waals surface area contributed by atoms with Crippen molar-refractivity contribution in [2.24, 2.45) is 21.2 Å². The topological polar surface area (TPSA) is 86.2 Å². The van der Waals surface area contributed by atoms with E-state index in [4.69, 9.17) is 19.2 Å². The molecule has 7 nitrogen and oxygen atoms in total. The first-order valence-corrected chi connectivity index (χ1v) is 13.0. The number of imide groups is 1. The van der Waals surface area contributed by atoms with E-state index >= 15 is 0 Å². The zero-order chi connectivity index (χ0) is 26.3. The Morgan fingerprint density at radius 2 is 1.35 bits per heavy atom. The largest absolute Gasteiger partial charge is 0.462 e. The summed E-state index contributed by atoms with van der Waals surface area (Å²) in [4.78, 5) is 31.2. The van der Waals surface area contributed by atoms with E-state index in [0.29, 0.717) is 45.0 Å². The lowest BCUT2D eigenvalue weighted by Crippen LogP contribution is -2.63. The highest BCUT2D eigenvalue weighted by atomic mass is 16.5. The van der Waals surface area contributed by atoms with Crippen LogP contribution >= 0.6 is 0 Å². The van der Waals surface area contributed by atoms with Gasteiger partial charge in [-0.15, -0.1) is 0 Å².